The maximum Gasteiger partial charge on any atom is 0.0835 e. The summed E-state index contributed by atoms with van der Waals surface area (Å²) >= 11 is 0. The average molecular weight is 117 g/mol. The summed E-state index contributed by atoms with van der Waals surface area (Å²) in [7, 11) is 0. The Bertz CT molecular complexity index is 76.8. The lowest BCUT2D eigenvalue weighted by atomic mass is 10.1. The van der Waals surface area contributed by atoms with Gasteiger partial charge in [0.15, 0.2) is 0 Å². The molecule has 1 aliphatic heterocycles. The van der Waals surface area contributed by atoms with Gasteiger partial charge in [-0.15, -0.1) is 0 Å². The van der Waals surface area contributed by atoms with Crippen molar-refractivity contribution >= 4 is 0 Å². The van der Waals surface area contributed by atoms with Crippen molar-refractivity contribution in [2.45, 2.75) is 6.10 Å². The van der Waals surface area contributed by atoms with Crippen molar-refractivity contribution in [3.63, 3.8) is 0 Å². The molecule has 0 aromatic carbocycles. The summed E-state index contributed by atoms with van der Waals surface area (Å²) in [6.45, 7) is 1.61. The third kappa shape index (κ3) is 0.992. The summed E-state index contributed by atoms with van der Waals surface area (Å²) in [6, 6.07) is 0. The van der Waals surface area contributed by atoms with E-state index in [1.165, 1.54) is 0 Å². The van der Waals surface area contributed by atoms with Gasteiger partial charge in [-0.05, 0) is 6.54 Å². The maximum absolute atomic E-state index is 8.98. The van der Waals surface area contributed by atoms with Crippen LogP contribution in [0.25, 0.3) is 0 Å². The molecule has 1 saturated heterocycles. The predicted octanol–water partition coefficient (Wildman–Crippen LogP) is -1.05. The highest BCUT2D eigenvalue weighted by atomic mass is 16.5. The van der Waals surface area contributed by atoms with Crippen molar-refractivity contribution in [2.24, 2.45) is 11.7 Å². The highest BCUT2D eigenvalue weighted by molar-refractivity contribution is 4.73. The molecule has 3 heteroatoms. The minimum Gasteiger partial charge on any atom is -0.390 e. The van der Waals surface area contributed by atoms with Crippen LogP contribution in [-0.2, 0) is 4.74 Å². The second-order valence-corrected chi connectivity index (χ2v) is 2.10. The minimum atomic E-state index is -0.319. The molecule has 2 atom stereocenters. The van der Waals surface area contributed by atoms with Crippen LogP contribution in [0.3, 0.4) is 0 Å². The third-order valence-electron chi connectivity index (χ3n) is 1.47. The SMILES string of the molecule is NC[C@H]1COC[C@H]1O. The smallest absolute Gasteiger partial charge is 0.0835 e. The molecule has 48 valence electrons. The van der Waals surface area contributed by atoms with Crippen LogP contribution < -0.4 is 5.73 Å². The van der Waals surface area contributed by atoms with Crippen molar-refractivity contribution in [1.82, 2.24) is 0 Å². The van der Waals surface area contributed by atoms with Crippen molar-refractivity contribution in [1.29, 1.82) is 0 Å². The highest BCUT2D eigenvalue weighted by Gasteiger charge is 2.23. The number of rotatable bonds is 1. The predicted molar refractivity (Wildman–Crippen MR) is 29.4 cm³/mol. The van der Waals surface area contributed by atoms with Gasteiger partial charge in [0.2, 0.25) is 0 Å². The van der Waals surface area contributed by atoms with E-state index in [0.29, 0.717) is 19.8 Å². The molecule has 0 aliphatic carbocycles. The molecule has 0 spiro atoms. The first kappa shape index (κ1) is 6.01. The zero-order valence-electron chi connectivity index (χ0n) is 4.71. The molecule has 0 radical (unpaired) electrons. The third-order valence-corrected chi connectivity index (χ3v) is 1.47. The lowest BCUT2D eigenvalue weighted by Crippen LogP contribution is -2.25. The average Bonchev–Trinajstić information content (AvgIpc) is 2.14. The Hall–Kier alpha value is -0.120. The number of hydrogen-bond acceptors (Lipinski definition) is 3. The number of hydrogen-bond donors (Lipinski definition) is 2. The van der Waals surface area contributed by atoms with Gasteiger partial charge in [0.1, 0.15) is 0 Å². The van der Waals surface area contributed by atoms with Crippen LogP contribution in [-0.4, -0.2) is 31.0 Å². The van der Waals surface area contributed by atoms with Gasteiger partial charge < -0.3 is 15.6 Å². The Kier molecular flexibility index (Phi) is 1.83. The van der Waals surface area contributed by atoms with Crippen LogP contribution in [0.2, 0.25) is 0 Å². The number of aliphatic hydroxyl groups excluding tert-OH is 1. The molecule has 3 nitrogen and oxygen atoms in total. The molecule has 0 aromatic rings. The topological polar surface area (TPSA) is 55.5 Å². The molecule has 0 unspecified atom stereocenters. The summed E-state index contributed by atoms with van der Waals surface area (Å²) in [5, 5.41) is 8.98. The number of aliphatic hydroxyl groups is 1. The number of nitrogens with two attached hydrogens (primary N) is 1. The number of ether oxygens (including phenoxy) is 1. The van der Waals surface area contributed by atoms with E-state index in [4.69, 9.17) is 15.6 Å². The summed E-state index contributed by atoms with van der Waals surface area (Å²) in [6.07, 6.45) is -0.319. The fourth-order valence-corrected chi connectivity index (χ4v) is 0.812. The fraction of sp³-hybridized carbons (Fsp3) is 1.00. The summed E-state index contributed by atoms with van der Waals surface area (Å²) in [4.78, 5) is 0. The van der Waals surface area contributed by atoms with Gasteiger partial charge >= 0.3 is 0 Å². The van der Waals surface area contributed by atoms with E-state index in [1.54, 1.807) is 0 Å². The zero-order chi connectivity index (χ0) is 5.98. The van der Waals surface area contributed by atoms with Crippen LogP contribution in [0.15, 0.2) is 0 Å². The van der Waals surface area contributed by atoms with Crippen LogP contribution in [0.4, 0.5) is 0 Å². The first-order valence-electron chi connectivity index (χ1n) is 2.80. The molecule has 1 fully saturated rings. The van der Waals surface area contributed by atoms with E-state index >= 15 is 0 Å². The lowest BCUT2D eigenvalue weighted by Gasteiger charge is -2.06. The Balaban J connectivity index is 2.30. The normalized spacial score (nSPS) is 38.2. The first-order chi connectivity index (χ1) is 3.84. The Morgan fingerprint density at radius 2 is 2.38 bits per heavy atom. The molecule has 3 N–H and O–H groups in total. The van der Waals surface area contributed by atoms with E-state index in [0.717, 1.165) is 0 Å². The van der Waals surface area contributed by atoms with Crippen LogP contribution in [0, 0.1) is 5.92 Å². The molecule has 1 rings (SSSR count). The molecular weight excluding hydrogens is 106 g/mol. The van der Waals surface area contributed by atoms with Crippen LogP contribution in [0.5, 0.6) is 0 Å². The minimum absolute atomic E-state index is 0.176. The van der Waals surface area contributed by atoms with Crippen molar-refractivity contribution in [3.05, 3.63) is 0 Å². The van der Waals surface area contributed by atoms with E-state index in [-0.39, 0.29) is 12.0 Å². The summed E-state index contributed by atoms with van der Waals surface area (Å²) in [5.74, 6) is 0.176. The molecule has 8 heavy (non-hydrogen) atoms. The van der Waals surface area contributed by atoms with Gasteiger partial charge in [-0.2, -0.15) is 0 Å². The fourth-order valence-electron chi connectivity index (χ4n) is 0.812. The van der Waals surface area contributed by atoms with E-state index in [1.807, 2.05) is 0 Å². The second-order valence-electron chi connectivity index (χ2n) is 2.10. The lowest BCUT2D eigenvalue weighted by molar-refractivity contribution is 0.119. The van der Waals surface area contributed by atoms with Crippen LogP contribution >= 0.6 is 0 Å². The molecule has 0 aromatic heterocycles. The highest BCUT2D eigenvalue weighted by Crippen LogP contribution is 2.10. The summed E-state index contributed by atoms with van der Waals surface area (Å²) in [5.41, 5.74) is 5.28. The summed E-state index contributed by atoms with van der Waals surface area (Å²) < 4.78 is 4.93. The Morgan fingerprint density at radius 3 is 2.62 bits per heavy atom. The van der Waals surface area contributed by atoms with E-state index in [2.05, 4.69) is 0 Å². The van der Waals surface area contributed by atoms with E-state index in [9.17, 15) is 0 Å². The molecular formula is C5H11NO2. The molecule has 0 saturated carbocycles. The van der Waals surface area contributed by atoms with Crippen molar-refractivity contribution in [2.75, 3.05) is 19.8 Å². The molecule has 1 aliphatic rings. The van der Waals surface area contributed by atoms with Crippen molar-refractivity contribution in [3.8, 4) is 0 Å². The Labute approximate surface area is 48.4 Å². The largest absolute Gasteiger partial charge is 0.390 e. The van der Waals surface area contributed by atoms with Crippen molar-refractivity contribution < 1.29 is 9.84 Å². The van der Waals surface area contributed by atoms with Gasteiger partial charge in [-0.1, -0.05) is 0 Å². The van der Waals surface area contributed by atoms with Crippen LogP contribution in [0.1, 0.15) is 0 Å². The zero-order valence-corrected chi connectivity index (χ0v) is 4.71. The van der Waals surface area contributed by atoms with E-state index < -0.39 is 0 Å². The van der Waals surface area contributed by atoms with Gasteiger partial charge in [-0.3, -0.25) is 0 Å². The monoisotopic (exact) mass is 117 g/mol. The maximum atomic E-state index is 8.98. The molecule has 1 heterocycles. The second kappa shape index (κ2) is 2.44. The Morgan fingerprint density at radius 1 is 1.62 bits per heavy atom. The van der Waals surface area contributed by atoms with Gasteiger partial charge in [0, 0.05) is 5.92 Å². The molecule has 0 bridgehead atoms. The van der Waals surface area contributed by atoms with Gasteiger partial charge in [0.25, 0.3) is 0 Å². The molecule has 0 amide bonds. The standard InChI is InChI=1S/C5H11NO2/c6-1-4-2-8-3-5(4)7/h4-5,7H,1-3,6H2/t4-,5+/m0/s1. The quantitative estimate of drug-likeness (QED) is 0.461. The van der Waals surface area contributed by atoms with Gasteiger partial charge in [0.05, 0.1) is 19.3 Å². The first-order valence-corrected chi connectivity index (χ1v) is 2.80. The van der Waals surface area contributed by atoms with Gasteiger partial charge in [-0.25, -0.2) is 0 Å².